The number of piperidine rings is 1. The lowest BCUT2D eigenvalue weighted by molar-refractivity contribution is 0.0692. The molecule has 1 aromatic rings. The highest BCUT2D eigenvalue weighted by Crippen LogP contribution is 2.36. The van der Waals surface area contributed by atoms with E-state index in [1.807, 2.05) is 0 Å². The van der Waals surface area contributed by atoms with Gasteiger partial charge in [0, 0.05) is 24.3 Å². The van der Waals surface area contributed by atoms with Crippen molar-refractivity contribution in [2.45, 2.75) is 43.9 Å². The number of carboxylic acid groups (broad SMARTS) is 1. The van der Waals surface area contributed by atoms with Crippen molar-refractivity contribution >= 4 is 19.6 Å². The van der Waals surface area contributed by atoms with Gasteiger partial charge < -0.3 is 19.4 Å². The van der Waals surface area contributed by atoms with Gasteiger partial charge in [-0.15, -0.1) is 0 Å². The fourth-order valence-electron chi connectivity index (χ4n) is 3.35. The molecule has 3 rings (SSSR count). The van der Waals surface area contributed by atoms with Crippen molar-refractivity contribution in [1.82, 2.24) is 9.79 Å². The standard InChI is InChI=1S/C14H16BN2O4/c18-8-15-17-10-1-2-11(17)7-12(6-10)21-13-5-9(14(19)20)3-4-16-13/h3-5,8,10-12H,1-2,6-7H2,(H,19,20). The smallest absolute Gasteiger partial charge is 0.335 e. The van der Waals surface area contributed by atoms with Crippen molar-refractivity contribution in [3.8, 4) is 5.88 Å². The SMILES string of the molecule is O=C[B]N1C2CCC1CC(Oc1cc(C(=O)O)ccn1)C2. The minimum absolute atomic E-state index is 0.0235. The van der Waals surface area contributed by atoms with Crippen LogP contribution in [0.5, 0.6) is 5.88 Å². The molecular formula is C14H16BN2O4. The quantitative estimate of drug-likeness (QED) is 0.642. The molecule has 3 heterocycles. The summed E-state index contributed by atoms with van der Waals surface area (Å²) < 4.78 is 5.85. The molecule has 2 aliphatic rings. The van der Waals surface area contributed by atoms with Crippen LogP contribution < -0.4 is 4.74 Å². The monoisotopic (exact) mass is 287 g/mol. The molecule has 2 bridgehead atoms. The maximum atomic E-state index is 10.9. The minimum Gasteiger partial charge on any atom is -0.478 e. The van der Waals surface area contributed by atoms with Crippen LogP contribution >= 0.6 is 0 Å². The Hall–Kier alpha value is -1.89. The van der Waals surface area contributed by atoms with Gasteiger partial charge in [0.05, 0.1) is 11.7 Å². The Morgan fingerprint density at radius 3 is 2.76 bits per heavy atom. The van der Waals surface area contributed by atoms with E-state index in [0.717, 1.165) is 31.9 Å². The molecule has 2 unspecified atom stereocenters. The average molecular weight is 287 g/mol. The molecule has 0 aromatic carbocycles. The van der Waals surface area contributed by atoms with Gasteiger partial charge in [0.2, 0.25) is 5.88 Å². The van der Waals surface area contributed by atoms with Crippen molar-refractivity contribution in [2.75, 3.05) is 0 Å². The predicted molar refractivity (Wildman–Crippen MR) is 76.0 cm³/mol. The number of fused-ring (bicyclic) bond motifs is 2. The van der Waals surface area contributed by atoms with Crippen LogP contribution in [0.15, 0.2) is 18.3 Å². The number of ether oxygens (including phenoxy) is 1. The summed E-state index contributed by atoms with van der Waals surface area (Å²) in [5, 5.41) is 8.98. The summed E-state index contributed by atoms with van der Waals surface area (Å²) in [7, 11) is 1.63. The van der Waals surface area contributed by atoms with Gasteiger partial charge in [-0.25, -0.2) is 9.78 Å². The van der Waals surface area contributed by atoms with Crippen LogP contribution in [-0.4, -0.2) is 52.7 Å². The summed E-state index contributed by atoms with van der Waals surface area (Å²) in [6.07, 6.45) is 6.11. The topological polar surface area (TPSA) is 79.7 Å². The van der Waals surface area contributed by atoms with Gasteiger partial charge in [-0.2, -0.15) is 0 Å². The predicted octanol–water partition coefficient (Wildman–Crippen LogP) is 0.963. The molecule has 1 N–H and O–H groups in total. The third-order valence-corrected chi connectivity index (χ3v) is 4.25. The van der Waals surface area contributed by atoms with Crippen LogP contribution in [0.2, 0.25) is 0 Å². The van der Waals surface area contributed by atoms with Crippen molar-refractivity contribution < 1.29 is 19.4 Å². The fourth-order valence-corrected chi connectivity index (χ4v) is 3.35. The van der Waals surface area contributed by atoms with E-state index in [9.17, 15) is 9.59 Å². The van der Waals surface area contributed by atoms with E-state index in [-0.39, 0.29) is 11.7 Å². The van der Waals surface area contributed by atoms with E-state index in [1.54, 1.807) is 7.41 Å². The van der Waals surface area contributed by atoms with E-state index in [4.69, 9.17) is 9.84 Å². The molecule has 2 atom stereocenters. The van der Waals surface area contributed by atoms with Crippen molar-refractivity contribution in [1.29, 1.82) is 0 Å². The van der Waals surface area contributed by atoms with E-state index in [1.165, 1.54) is 18.3 Å². The second-order valence-corrected chi connectivity index (χ2v) is 5.52. The number of pyridine rings is 1. The molecule has 2 saturated heterocycles. The Kier molecular flexibility index (Phi) is 3.92. The number of aromatic carboxylic acids is 1. The van der Waals surface area contributed by atoms with Crippen LogP contribution in [0, 0.1) is 0 Å². The molecular weight excluding hydrogens is 271 g/mol. The van der Waals surface area contributed by atoms with Crippen LogP contribution in [0.4, 0.5) is 0 Å². The van der Waals surface area contributed by atoms with E-state index in [0.29, 0.717) is 18.0 Å². The maximum absolute atomic E-state index is 10.9. The number of nitrogens with zero attached hydrogens (tertiary/aromatic N) is 2. The first-order chi connectivity index (χ1) is 10.2. The molecule has 0 aliphatic carbocycles. The molecule has 0 spiro atoms. The normalized spacial score (nSPS) is 28.1. The van der Waals surface area contributed by atoms with Gasteiger partial charge in [0.25, 0.3) is 7.41 Å². The first-order valence-electron chi connectivity index (χ1n) is 7.09. The van der Waals surface area contributed by atoms with E-state index < -0.39 is 5.97 Å². The van der Waals surface area contributed by atoms with Crippen LogP contribution in [0.25, 0.3) is 0 Å². The van der Waals surface area contributed by atoms with Gasteiger partial charge in [-0.3, -0.25) is 0 Å². The zero-order chi connectivity index (χ0) is 14.8. The van der Waals surface area contributed by atoms with E-state index in [2.05, 4.69) is 9.79 Å². The Bertz CT molecular complexity index is 540. The summed E-state index contributed by atoms with van der Waals surface area (Å²) in [6.45, 7) is 0. The highest BCUT2D eigenvalue weighted by Gasteiger charge is 2.41. The number of hydrogen-bond acceptors (Lipinski definition) is 5. The largest absolute Gasteiger partial charge is 0.478 e. The average Bonchev–Trinajstić information content (AvgIpc) is 2.71. The van der Waals surface area contributed by atoms with Crippen molar-refractivity contribution in [3.63, 3.8) is 0 Å². The number of rotatable bonds is 5. The van der Waals surface area contributed by atoms with Crippen molar-refractivity contribution in [2.24, 2.45) is 0 Å². The van der Waals surface area contributed by atoms with E-state index >= 15 is 0 Å². The second-order valence-electron chi connectivity index (χ2n) is 5.52. The van der Waals surface area contributed by atoms with Gasteiger partial charge in [0.15, 0.2) is 0 Å². The molecule has 2 fully saturated rings. The molecule has 0 saturated carbocycles. The molecule has 1 radical (unpaired) electrons. The fraction of sp³-hybridized carbons (Fsp3) is 0.500. The van der Waals surface area contributed by atoms with Crippen LogP contribution in [-0.2, 0) is 4.79 Å². The van der Waals surface area contributed by atoms with Gasteiger partial charge in [0.1, 0.15) is 6.10 Å². The molecule has 109 valence electrons. The molecule has 1 aromatic heterocycles. The number of aromatic nitrogens is 1. The maximum Gasteiger partial charge on any atom is 0.335 e. The first-order valence-corrected chi connectivity index (χ1v) is 7.09. The van der Waals surface area contributed by atoms with Crippen LogP contribution in [0.1, 0.15) is 36.0 Å². The highest BCUT2D eigenvalue weighted by molar-refractivity contribution is 6.64. The Balaban J connectivity index is 1.66. The Labute approximate surface area is 123 Å². The zero-order valence-corrected chi connectivity index (χ0v) is 11.5. The molecule has 7 heteroatoms. The summed E-state index contributed by atoms with van der Waals surface area (Å²) in [4.78, 5) is 27.8. The van der Waals surface area contributed by atoms with Crippen LogP contribution in [0.3, 0.4) is 0 Å². The molecule has 0 amide bonds. The molecule has 6 nitrogen and oxygen atoms in total. The van der Waals surface area contributed by atoms with Gasteiger partial charge in [-0.1, -0.05) is 0 Å². The highest BCUT2D eigenvalue weighted by atomic mass is 16.5. The molecule has 21 heavy (non-hydrogen) atoms. The first kappa shape index (κ1) is 14.1. The summed E-state index contributed by atoms with van der Waals surface area (Å²) >= 11 is 0. The second kappa shape index (κ2) is 5.85. The van der Waals surface area contributed by atoms with Gasteiger partial charge in [-0.05, 0) is 31.7 Å². The number of carbonyl (C=O) groups is 2. The Morgan fingerprint density at radius 2 is 2.14 bits per heavy atom. The number of carboxylic acids is 1. The summed E-state index contributed by atoms with van der Waals surface area (Å²) in [6, 6.07) is 3.57. The zero-order valence-electron chi connectivity index (χ0n) is 11.5. The third kappa shape index (κ3) is 2.92. The summed E-state index contributed by atoms with van der Waals surface area (Å²) in [5.41, 5.74) is 0.176. The number of hydrogen-bond donors (Lipinski definition) is 1. The third-order valence-electron chi connectivity index (χ3n) is 4.25. The Morgan fingerprint density at radius 1 is 1.43 bits per heavy atom. The summed E-state index contributed by atoms with van der Waals surface area (Å²) in [5.74, 6) is -0.634. The van der Waals surface area contributed by atoms with Gasteiger partial charge >= 0.3 is 5.97 Å². The lowest BCUT2D eigenvalue weighted by Crippen LogP contribution is -2.48. The lowest BCUT2D eigenvalue weighted by atomic mass is 9.85. The minimum atomic E-state index is -0.988. The number of carbonyl (C=O) groups excluding carboxylic acids is 1. The molecule has 2 aliphatic heterocycles. The van der Waals surface area contributed by atoms with Crippen molar-refractivity contribution in [3.05, 3.63) is 23.9 Å². The lowest BCUT2D eigenvalue weighted by Gasteiger charge is -2.37.